The van der Waals surface area contributed by atoms with Crippen molar-refractivity contribution in [3.63, 3.8) is 0 Å². The molecule has 0 fully saturated rings. The molecule has 0 spiro atoms. The van der Waals surface area contributed by atoms with Crippen LogP contribution in [0.5, 0.6) is 0 Å². The summed E-state index contributed by atoms with van der Waals surface area (Å²) in [6.07, 6.45) is 4.29. The standard InChI is InChI=1S/C14H18BrNO/c1-4-14(2,3)16-13(17)9-8-11-6-5-7-12(15)10-11/h5-10H,4H2,1-3H3,(H,16,17)/b9-8+. The van der Waals surface area contributed by atoms with Crippen LogP contribution >= 0.6 is 15.9 Å². The summed E-state index contributed by atoms with van der Waals surface area (Å²) in [6.45, 7) is 6.08. The number of benzene rings is 1. The lowest BCUT2D eigenvalue weighted by molar-refractivity contribution is -0.117. The van der Waals surface area contributed by atoms with Crippen LogP contribution in [0.4, 0.5) is 0 Å². The van der Waals surface area contributed by atoms with Crippen molar-refractivity contribution >= 4 is 27.9 Å². The average Bonchev–Trinajstić information content (AvgIpc) is 2.26. The SMILES string of the molecule is CCC(C)(C)NC(=O)/C=C/c1cccc(Br)c1. The van der Waals surface area contributed by atoms with E-state index in [9.17, 15) is 4.79 Å². The Morgan fingerprint density at radius 3 is 2.76 bits per heavy atom. The van der Waals surface area contributed by atoms with E-state index >= 15 is 0 Å². The molecule has 0 radical (unpaired) electrons. The van der Waals surface area contributed by atoms with Crippen LogP contribution in [0.3, 0.4) is 0 Å². The van der Waals surface area contributed by atoms with E-state index in [-0.39, 0.29) is 11.4 Å². The van der Waals surface area contributed by atoms with Gasteiger partial charge < -0.3 is 5.32 Å². The van der Waals surface area contributed by atoms with E-state index in [1.807, 2.05) is 44.2 Å². The first-order valence-corrected chi connectivity index (χ1v) is 6.48. The topological polar surface area (TPSA) is 29.1 Å². The fraction of sp³-hybridized carbons (Fsp3) is 0.357. The summed E-state index contributed by atoms with van der Waals surface area (Å²) in [5, 5.41) is 2.95. The molecule has 0 atom stereocenters. The molecule has 1 aromatic rings. The molecule has 0 saturated heterocycles. The number of hydrogen-bond donors (Lipinski definition) is 1. The molecule has 0 saturated carbocycles. The highest BCUT2D eigenvalue weighted by atomic mass is 79.9. The van der Waals surface area contributed by atoms with Crippen LogP contribution < -0.4 is 5.32 Å². The van der Waals surface area contributed by atoms with E-state index in [1.54, 1.807) is 6.08 Å². The molecule has 0 aliphatic carbocycles. The fourth-order valence-electron chi connectivity index (χ4n) is 1.25. The lowest BCUT2D eigenvalue weighted by Gasteiger charge is -2.23. The molecule has 1 amide bonds. The van der Waals surface area contributed by atoms with Gasteiger partial charge in [-0.15, -0.1) is 0 Å². The third-order valence-electron chi connectivity index (χ3n) is 2.62. The van der Waals surface area contributed by atoms with Crippen LogP contribution in [-0.2, 0) is 4.79 Å². The van der Waals surface area contributed by atoms with E-state index in [0.717, 1.165) is 16.5 Å². The maximum atomic E-state index is 11.7. The quantitative estimate of drug-likeness (QED) is 0.842. The molecule has 92 valence electrons. The van der Waals surface area contributed by atoms with Gasteiger partial charge in [0.1, 0.15) is 0 Å². The lowest BCUT2D eigenvalue weighted by Crippen LogP contribution is -2.41. The van der Waals surface area contributed by atoms with Gasteiger partial charge in [-0.05, 0) is 44.0 Å². The van der Waals surface area contributed by atoms with Crippen molar-refractivity contribution in [2.24, 2.45) is 0 Å². The van der Waals surface area contributed by atoms with Crippen molar-refractivity contribution in [1.29, 1.82) is 0 Å². The number of halogens is 1. The van der Waals surface area contributed by atoms with Crippen LogP contribution in [0.2, 0.25) is 0 Å². The van der Waals surface area contributed by atoms with Crippen molar-refractivity contribution in [1.82, 2.24) is 5.32 Å². The van der Waals surface area contributed by atoms with Gasteiger partial charge in [0.25, 0.3) is 0 Å². The average molecular weight is 296 g/mol. The number of amides is 1. The summed E-state index contributed by atoms with van der Waals surface area (Å²) >= 11 is 3.39. The van der Waals surface area contributed by atoms with Crippen molar-refractivity contribution in [3.05, 3.63) is 40.4 Å². The van der Waals surface area contributed by atoms with Crippen molar-refractivity contribution in [2.75, 3.05) is 0 Å². The number of hydrogen-bond acceptors (Lipinski definition) is 1. The zero-order chi connectivity index (χ0) is 12.9. The van der Waals surface area contributed by atoms with E-state index in [2.05, 4.69) is 28.2 Å². The Balaban J connectivity index is 2.63. The van der Waals surface area contributed by atoms with Gasteiger partial charge in [0.15, 0.2) is 0 Å². The first kappa shape index (κ1) is 14.0. The molecular formula is C14H18BrNO. The highest BCUT2D eigenvalue weighted by Gasteiger charge is 2.15. The highest BCUT2D eigenvalue weighted by Crippen LogP contribution is 2.13. The minimum absolute atomic E-state index is 0.0585. The fourth-order valence-corrected chi connectivity index (χ4v) is 1.66. The third-order valence-corrected chi connectivity index (χ3v) is 3.11. The molecule has 1 aromatic carbocycles. The summed E-state index contributed by atoms with van der Waals surface area (Å²) in [5.74, 6) is -0.0585. The third kappa shape index (κ3) is 5.18. The molecule has 0 bridgehead atoms. The Kier molecular flexibility index (Phi) is 4.94. The van der Waals surface area contributed by atoms with Gasteiger partial charge in [-0.3, -0.25) is 4.79 Å². The smallest absolute Gasteiger partial charge is 0.244 e. The van der Waals surface area contributed by atoms with Crippen LogP contribution in [0, 0.1) is 0 Å². The predicted octanol–water partition coefficient (Wildman–Crippen LogP) is 3.77. The molecule has 2 nitrogen and oxygen atoms in total. The number of nitrogens with one attached hydrogen (secondary N) is 1. The van der Waals surface area contributed by atoms with E-state index < -0.39 is 0 Å². The van der Waals surface area contributed by atoms with Gasteiger partial charge in [0, 0.05) is 16.1 Å². The molecule has 0 aromatic heterocycles. The summed E-state index contributed by atoms with van der Waals surface area (Å²) in [5.41, 5.74) is 0.849. The molecule has 1 N–H and O–H groups in total. The Hall–Kier alpha value is -1.09. The van der Waals surface area contributed by atoms with Gasteiger partial charge in [0.05, 0.1) is 0 Å². The van der Waals surface area contributed by atoms with E-state index in [1.165, 1.54) is 0 Å². The van der Waals surface area contributed by atoms with E-state index in [0.29, 0.717) is 0 Å². The summed E-state index contributed by atoms with van der Waals surface area (Å²) in [7, 11) is 0. The van der Waals surface area contributed by atoms with Crippen LogP contribution in [0.25, 0.3) is 6.08 Å². The second kappa shape index (κ2) is 6.01. The maximum Gasteiger partial charge on any atom is 0.244 e. The Labute approximate surface area is 111 Å². The van der Waals surface area contributed by atoms with E-state index in [4.69, 9.17) is 0 Å². The Bertz CT molecular complexity index is 424. The molecule has 17 heavy (non-hydrogen) atoms. The molecule has 0 aliphatic heterocycles. The second-order valence-corrected chi connectivity index (χ2v) is 5.53. The van der Waals surface area contributed by atoms with Crippen molar-refractivity contribution in [2.45, 2.75) is 32.7 Å². The van der Waals surface area contributed by atoms with Gasteiger partial charge in [0.2, 0.25) is 5.91 Å². The molecule has 1 rings (SSSR count). The molecule has 0 unspecified atom stereocenters. The van der Waals surface area contributed by atoms with Crippen LogP contribution in [0.15, 0.2) is 34.8 Å². The summed E-state index contributed by atoms with van der Waals surface area (Å²) < 4.78 is 1.01. The van der Waals surface area contributed by atoms with Crippen LogP contribution in [-0.4, -0.2) is 11.4 Å². The van der Waals surface area contributed by atoms with Gasteiger partial charge in [-0.1, -0.05) is 35.0 Å². The Morgan fingerprint density at radius 2 is 2.18 bits per heavy atom. The minimum Gasteiger partial charge on any atom is -0.348 e. The summed E-state index contributed by atoms with van der Waals surface area (Å²) in [4.78, 5) is 11.7. The molecule has 3 heteroatoms. The molecule has 0 aliphatic rings. The first-order valence-electron chi connectivity index (χ1n) is 5.69. The highest BCUT2D eigenvalue weighted by molar-refractivity contribution is 9.10. The number of rotatable bonds is 4. The predicted molar refractivity (Wildman–Crippen MR) is 75.7 cm³/mol. The largest absolute Gasteiger partial charge is 0.348 e. The Morgan fingerprint density at radius 1 is 1.47 bits per heavy atom. The van der Waals surface area contributed by atoms with Gasteiger partial charge in [-0.25, -0.2) is 0 Å². The minimum atomic E-state index is -0.154. The zero-order valence-corrected chi connectivity index (χ0v) is 12.0. The molecular weight excluding hydrogens is 278 g/mol. The number of carbonyl (C=O) groups excluding carboxylic acids is 1. The monoisotopic (exact) mass is 295 g/mol. The van der Waals surface area contributed by atoms with Crippen molar-refractivity contribution in [3.8, 4) is 0 Å². The normalized spacial score (nSPS) is 11.8. The lowest BCUT2D eigenvalue weighted by atomic mass is 10.0. The number of carbonyl (C=O) groups is 1. The van der Waals surface area contributed by atoms with Gasteiger partial charge in [-0.2, -0.15) is 0 Å². The second-order valence-electron chi connectivity index (χ2n) is 4.62. The summed E-state index contributed by atoms with van der Waals surface area (Å²) in [6, 6.07) is 7.82. The first-order chi connectivity index (χ1) is 7.93. The zero-order valence-electron chi connectivity index (χ0n) is 10.5. The van der Waals surface area contributed by atoms with Crippen molar-refractivity contribution < 1.29 is 4.79 Å². The van der Waals surface area contributed by atoms with Gasteiger partial charge >= 0.3 is 0 Å². The molecule has 0 heterocycles. The maximum absolute atomic E-state index is 11.7. The van der Waals surface area contributed by atoms with Crippen LogP contribution in [0.1, 0.15) is 32.8 Å².